The molecule has 0 radical (unpaired) electrons. The summed E-state index contributed by atoms with van der Waals surface area (Å²) in [5, 5.41) is 2.59. The molecule has 5 unspecified atom stereocenters. The van der Waals surface area contributed by atoms with Gasteiger partial charge in [0.05, 0.1) is 0 Å². The Kier molecular flexibility index (Phi) is 8.88. The molecule has 0 saturated carbocycles. The van der Waals surface area contributed by atoms with Gasteiger partial charge in [-0.3, -0.25) is 38.3 Å². The molecule has 192 valence electrons. The Labute approximate surface area is 197 Å². The molecule has 1 aliphatic rings. The van der Waals surface area contributed by atoms with Gasteiger partial charge in [-0.25, -0.2) is 4.79 Å². The average Bonchev–Trinajstić information content (AvgIpc) is 2.74. The molecule has 15 heteroatoms. The number of aromatic amines is 1. The highest BCUT2D eigenvalue weighted by Gasteiger charge is 2.52. The van der Waals surface area contributed by atoms with Gasteiger partial charge >= 0.3 is 29.6 Å². The van der Waals surface area contributed by atoms with E-state index in [0.717, 1.165) is 34.7 Å². The van der Waals surface area contributed by atoms with Gasteiger partial charge < -0.3 is 29.0 Å². The van der Waals surface area contributed by atoms with Crippen LogP contribution in [0.3, 0.4) is 0 Å². The summed E-state index contributed by atoms with van der Waals surface area (Å²) in [6, 6.07) is 0. The Balaban J connectivity index is 2.61. The molecule has 0 spiro atoms. The van der Waals surface area contributed by atoms with Gasteiger partial charge in [0.1, 0.15) is 24.1 Å². The van der Waals surface area contributed by atoms with E-state index in [2.05, 4.69) is 10.3 Å². The minimum Gasteiger partial charge on any atom is -0.463 e. The monoisotopic (exact) mass is 499 g/mol. The van der Waals surface area contributed by atoms with Gasteiger partial charge in [0.15, 0.2) is 30.8 Å². The summed E-state index contributed by atoms with van der Waals surface area (Å²) in [5.41, 5.74) is -2.30. The minimum absolute atomic E-state index is 0.186. The van der Waals surface area contributed by atoms with E-state index in [1.807, 2.05) is 0 Å². The van der Waals surface area contributed by atoms with Crippen LogP contribution < -0.4 is 16.6 Å². The molecule has 1 aromatic heterocycles. The van der Waals surface area contributed by atoms with E-state index in [1.54, 1.807) is 0 Å². The van der Waals surface area contributed by atoms with Crippen LogP contribution in [0, 0.1) is 0 Å². The molecule has 0 amide bonds. The molecule has 1 fully saturated rings. The number of anilines is 1. The molecule has 1 saturated heterocycles. The number of rotatable bonds is 8. The highest BCUT2D eigenvalue weighted by Crippen LogP contribution is 2.30. The lowest BCUT2D eigenvalue weighted by Crippen LogP contribution is -2.64. The number of aromatic nitrogens is 2. The van der Waals surface area contributed by atoms with Crippen LogP contribution in [0.25, 0.3) is 0 Å². The third-order valence-electron chi connectivity index (χ3n) is 4.74. The van der Waals surface area contributed by atoms with E-state index in [9.17, 15) is 33.6 Å². The van der Waals surface area contributed by atoms with Gasteiger partial charge in [-0.15, -0.1) is 0 Å². The zero-order valence-corrected chi connectivity index (χ0v) is 19.5. The smallest absolute Gasteiger partial charge is 0.329 e. The van der Waals surface area contributed by atoms with Crippen LogP contribution in [0.5, 0.6) is 0 Å². The molecule has 1 aromatic rings. The van der Waals surface area contributed by atoms with Crippen LogP contribution in [0.2, 0.25) is 0 Å². The van der Waals surface area contributed by atoms with Crippen LogP contribution in [0.4, 0.5) is 5.82 Å². The molecule has 1 aliphatic heterocycles. The van der Waals surface area contributed by atoms with Crippen molar-refractivity contribution in [3.63, 3.8) is 0 Å². The molecule has 2 rings (SSSR count). The van der Waals surface area contributed by atoms with Crippen molar-refractivity contribution in [1.82, 2.24) is 9.55 Å². The second-order valence-corrected chi connectivity index (χ2v) is 7.47. The van der Waals surface area contributed by atoms with Crippen molar-refractivity contribution in [1.29, 1.82) is 0 Å². The van der Waals surface area contributed by atoms with Crippen LogP contribution in [0.15, 0.2) is 9.59 Å². The molecule has 0 aliphatic carbocycles. The predicted octanol–water partition coefficient (Wildman–Crippen LogP) is -1.62. The fourth-order valence-electron chi connectivity index (χ4n) is 3.35. The van der Waals surface area contributed by atoms with E-state index < -0.39 is 77.9 Å². The van der Waals surface area contributed by atoms with Crippen LogP contribution in [-0.2, 0) is 49.9 Å². The molecule has 0 bridgehead atoms. The maximum absolute atomic E-state index is 12.3. The van der Waals surface area contributed by atoms with Gasteiger partial charge in [-0.1, -0.05) is 0 Å². The maximum Gasteiger partial charge on any atom is 0.329 e. The largest absolute Gasteiger partial charge is 0.463 e. The normalized spacial score (nSPS) is 23.5. The summed E-state index contributed by atoms with van der Waals surface area (Å²) in [4.78, 5) is 85.1. The first kappa shape index (κ1) is 27.2. The van der Waals surface area contributed by atoms with Crippen molar-refractivity contribution >= 4 is 36.0 Å². The zero-order valence-electron chi connectivity index (χ0n) is 19.5. The van der Waals surface area contributed by atoms with E-state index in [1.165, 1.54) is 0 Å². The van der Waals surface area contributed by atoms with Gasteiger partial charge in [0.25, 0.3) is 5.56 Å². The SMILES string of the molecule is CC(=O)OCC1OC(Nc2[nH]c(=O)n(C)c(=O)c2C=O)C(OC(C)=O)C(OC(C)=O)C1OC(C)=O. The van der Waals surface area contributed by atoms with Crippen LogP contribution in [-0.4, -0.2) is 77.0 Å². The quantitative estimate of drug-likeness (QED) is 0.235. The summed E-state index contributed by atoms with van der Waals surface area (Å²) in [7, 11) is 1.15. The first-order chi connectivity index (χ1) is 16.3. The van der Waals surface area contributed by atoms with Crippen molar-refractivity contribution in [3.05, 3.63) is 26.4 Å². The summed E-state index contributed by atoms with van der Waals surface area (Å²) in [5.74, 6) is -3.59. The lowest BCUT2D eigenvalue weighted by atomic mass is 9.97. The van der Waals surface area contributed by atoms with Crippen molar-refractivity contribution in [2.24, 2.45) is 7.05 Å². The number of aldehydes is 1. The Bertz CT molecular complexity index is 1120. The second kappa shape index (κ2) is 11.4. The van der Waals surface area contributed by atoms with E-state index in [-0.39, 0.29) is 12.1 Å². The third-order valence-corrected chi connectivity index (χ3v) is 4.74. The summed E-state index contributed by atoms with van der Waals surface area (Å²) < 4.78 is 27.2. The molecule has 0 aromatic carbocycles. The zero-order chi connectivity index (χ0) is 26.4. The first-order valence-electron chi connectivity index (χ1n) is 10.2. The first-order valence-corrected chi connectivity index (χ1v) is 10.2. The van der Waals surface area contributed by atoms with Crippen molar-refractivity contribution in [3.8, 4) is 0 Å². The lowest BCUT2D eigenvalue weighted by molar-refractivity contribution is -0.247. The number of carbonyl (C=O) groups excluding carboxylic acids is 5. The molecule has 2 heterocycles. The molecule has 15 nitrogen and oxygen atoms in total. The standard InChI is InChI=1S/C20H25N3O12/c1-8(25)31-7-13-14(32-9(2)26)15(33-10(3)27)16(34-11(4)28)18(35-13)21-17-12(6-24)19(29)23(5)20(30)22-17/h6,13-16,18,21H,7H2,1-5H3,(H,22,30). The van der Waals surface area contributed by atoms with Gasteiger partial charge in [0.2, 0.25) is 0 Å². The maximum atomic E-state index is 12.3. The Morgan fingerprint density at radius 1 is 0.943 bits per heavy atom. The van der Waals surface area contributed by atoms with Crippen molar-refractivity contribution in [2.75, 3.05) is 11.9 Å². The molecule has 2 N–H and O–H groups in total. The third kappa shape index (κ3) is 6.75. The predicted molar refractivity (Wildman–Crippen MR) is 113 cm³/mol. The molecular formula is C20H25N3O12. The van der Waals surface area contributed by atoms with Gasteiger partial charge in [-0.2, -0.15) is 0 Å². The fraction of sp³-hybridized carbons (Fsp3) is 0.550. The highest BCUT2D eigenvalue weighted by molar-refractivity contribution is 5.81. The summed E-state index contributed by atoms with van der Waals surface area (Å²) in [6.07, 6.45) is -6.96. The molecule has 5 atom stereocenters. The van der Waals surface area contributed by atoms with E-state index in [4.69, 9.17) is 23.7 Å². The molecular weight excluding hydrogens is 474 g/mol. The Hall–Kier alpha value is -4.01. The summed E-state index contributed by atoms with van der Waals surface area (Å²) >= 11 is 0. The Morgan fingerprint density at radius 3 is 2.00 bits per heavy atom. The number of ether oxygens (including phenoxy) is 5. The fourth-order valence-corrected chi connectivity index (χ4v) is 3.35. The van der Waals surface area contributed by atoms with E-state index >= 15 is 0 Å². The van der Waals surface area contributed by atoms with E-state index in [0.29, 0.717) is 4.57 Å². The number of nitrogens with zero attached hydrogens (tertiary/aromatic N) is 1. The van der Waals surface area contributed by atoms with Crippen molar-refractivity contribution in [2.45, 2.75) is 58.3 Å². The average molecular weight is 499 g/mol. The number of H-pyrrole nitrogens is 1. The van der Waals surface area contributed by atoms with Crippen molar-refractivity contribution < 1.29 is 47.7 Å². The number of hydrogen-bond acceptors (Lipinski definition) is 13. The summed E-state index contributed by atoms with van der Waals surface area (Å²) in [6.45, 7) is 3.80. The van der Waals surface area contributed by atoms with Gasteiger partial charge in [0, 0.05) is 34.7 Å². The number of hydrogen-bond donors (Lipinski definition) is 2. The second-order valence-electron chi connectivity index (χ2n) is 7.47. The molecule has 35 heavy (non-hydrogen) atoms. The number of nitrogens with one attached hydrogen (secondary N) is 2. The minimum atomic E-state index is -1.51. The van der Waals surface area contributed by atoms with Crippen LogP contribution >= 0.6 is 0 Å². The van der Waals surface area contributed by atoms with Gasteiger partial charge in [-0.05, 0) is 0 Å². The Morgan fingerprint density at radius 2 is 1.49 bits per heavy atom. The number of carbonyl (C=O) groups is 5. The number of esters is 4. The highest BCUT2D eigenvalue weighted by atomic mass is 16.7. The van der Waals surface area contributed by atoms with Crippen LogP contribution in [0.1, 0.15) is 38.1 Å². The topological polar surface area (TPSA) is 198 Å². The lowest BCUT2D eigenvalue weighted by Gasteiger charge is -2.44.